The second-order valence-electron chi connectivity index (χ2n) is 5.96. The predicted octanol–water partition coefficient (Wildman–Crippen LogP) is 4.62. The predicted molar refractivity (Wildman–Crippen MR) is 119 cm³/mol. The molecule has 0 saturated heterocycles. The normalized spacial score (nSPS) is 11.3. The van der Waals surface area contributed by atoms with Crippen molar-refractivity contribution >= 4 is 60.8 Å². The van der Waals surface area contributed by atoms with Gasteiger partial charge in [0.15, 0.2) is 5.13 Å². The topological polar surface area (TPSA) is 101 Å². The van der Waals surface area contributed by atoms with Crippen LogP contribution in [0.15, 0.2) is 52.5 Å². The van der Waals surface area contributed by atoms with Crippen LogP contribution in [0.2, 0.25) is 0 Å². The van der Waals surface area contributed by atoms with E-state index in [1.807, 2.05) is 22.9 Å². The van der Waals surface area contributed by atoms with E-state index in [9.17, 15) is 13.2 Å². The van der Waals surface area contributed by atoms with Gasteiger partial charge in [0.25, 0.3) is 5.91 Å². The van der Waals surface area contributed by atoms with Gasteiger partial charge in [0.2, 0.25) is 10.0 Å². The van der Waals surface area contributed by atoms with Gasteiger partial charge in [0.05, 0.1) is 16.8 Å². The molecule has 7 nitrogen and oxygen atoms in total. The number of carbonyl (C=O) groups excluding carboxylic acids is 1. The van der Waals surface area contributed by atoms with Gasteiger partial charge in [-0.3, -0.25) is 14.8 Å². The number of sulfonamides is 1. The van der Waals surface area contributed by atoms with Crippen LogP contribution in [-0.4, -0.2) is 30.5 Å². The van der Waals surface area contributed by atoms with Gasteiger partial charge in [-0.05, 0) is 23.6 Å². The Bertz CT molecular complexity index is 1240. The van der Waals surface area contributed by atoms with Crippen molar-refractivity contribution in [2.45, 2.75) is 0 Å². The maximum absolute atomic E-state index is 12.5. The molecule has 0 atom stereocenters. The number of rotatable bonds is 6. The molecule has 3 heterocycles. The van der Waals surface area contributed by atoms with Crippen LogP contribution in [0, 0.1) is 0 Å². The third kappa shape index (κ3) is 4.88. The van der Waals surface area contributed by atoms with E-state index < -0.39 is 10.0 Å². The Hall–Kier alpha value is -2.60. The number of aromatic nitrogens is 2. The highest BCUT2D eigenvalue weighted by atomic mass is 32.2. The molecule has 3 aromatic heterocycles. The molecule has 0 bridgehead atoms. The summed E-state index contributed by atoms with van der Waals surface area (Å²) in [5, 5.41) is 9.58. The van der Waals surface area contributed by atoms with E-state index >= 15 is 0 Å². The molecule has 0 spiro atoms. The van der Waals surface area contributed by atoms with Crippen molar-refractivity contribution in [3.8, 4) is 21.1 Å². The first-order valence-electron chi connectivity index (χ1n) is 8.22. The van der Waals surface area contributed by atoms with Crippen LogP contribution in [0.3, 0.4) is 0 Å². The highest BCUT2D eigenvalue weighted by Crippen LogP contribution is 2.29. The average Bonchev–Trinajstić information content (AvgIpc) is 3.42. The molecule has 2 N–H and O–H groups in total. The van der Waals surface area contributed by atoms with E-state index in [2.05, 4.69) is 20.0 Å². The van der Waals surface area contributed by atoms with Gasteiger partial charge in [-0.2, -0.15) is 0 Å². The standard InChI is InChI=1S/C18H14N4O3S4/c1-29(24,25)22-12-6-4-11(5-7-12)13-9-28-18(20-13)21-16(23)14-10-27-17(19-14)15-3-2-8-26-15/h2-10,22H,1H3,(H,20,21,23). The minimum absolute atomic E-state index is 0.308. The zero-order chi connectivity index (χ0) is 20.4. The van der Waals surface area contributed by atoms with Crippen LogP contribution < -0.4 is 10.0 Å². The van der Waals surface area contributed by atoms with Crippen molar-refractivity contribution in [3.05, 3.63) is 58.2 Å². The number of carbonyl (C=O) groups is 1. The van der Waals surface area contributed by atoms with Gasteiger partial charge >= 0.3 is 0 Å². The van der Waals surface area contributed by atoms with Gasteiger partial charge in [-0.15, -0.1) is 34.0 Å². The number of thiazole rings is 2. The van der Waals surface area contributed by atoms with Crippen molar-refractivity contribution in [1.29, 1.82) is 0 Å². The van der Waals surface area contributed by atoms with E-state index in [4.69, 9.17) is 0 Å². The highest BCUT2D eigenvalue weighted by molar-refractivity contribution is 7.92. The summed E-state index contributed by atoms with van der Waals surface area (Å²) < 4.78 is 25.0. The fourth-order valence-corrected chi connectivity index (χ4v) is 5.33. The van der Waals surface area contributed by atoms with Crippen molar-refractivity contribution < 1.29 is 13.2 Å². The average molecular weight is 463 g/mol. The molecule has 4 aromatic rings. The second kappa shape index (κ2) is 8.03. The first kappa shape index (κ1) is 19.7. The summed E-state index contributed by atoms with van der Waals surface area (Å²) in [6.45, 7) is 0. The van der Waals surface area contributed by atoms with Crippen LogP contribution in [0.1, 0.15) is 10.5 Å². The summed E-state index contributed by atoms with van der Waals surface area (Å²) in [4.78, 5) is 22.3. The minimum Gasteiger partial charge on any atom is -0.296 e. The van der Waals surface area contributed by atoms with Crippen LogP contribution >= 0.6 is 34.0 Å². The van der Waals surface area contributed by atoms with Crippen molar-refractivity contribution in [3.63, 3.8) is 0 Å². The number of thiophene rings is 1. The SMILES string of the molecule is CS(=O)(=O)Nc1ccc(-c2csc(NC(=O)c3csc(-c4cccs4)n3)n2)cc1. The summed E-state index contributed by atoms with van der Waals surface area (Å²) in [5.41, 5.74) is 2.33. The first-order chi connectivity index (χ1) is 13.9. The Morgan fingerprint density at radius 3 is 2.48 bits per heavy atom. The molecule has 11 heteroatoms. The Morgan fingerprint density at radius 1 is 1.00 bits per heavy atom. The Morgan fingerprint density at radius 2 is 1.79 bits per heavy atom. The number of hydrogen-bond acceptors (Lipinski definition) is 8. The van der Waals surface area contributed by atoms with Crippen molar-refractivity contribution in [2.75, 3.05) is 16.3 Å². The van der Waals surface area contributed by atoms with E-state index in [-0.39, 0.29) is 5.91 Å². The molecule has 0 unspecified atom stereocenters. The highest BCUT2D eigenvalue weighted by Gasteiger charge is 2.15. The van der Waals surface area contributed by atoms with Crippen LogP contribution in [0.25, 0.3) is 21.1 Å². The number of amides is 1. The lowest BCUT2D eigenvalue weighted by molar-refractivity contribution is 0.102. The Balaban J connectivity index is 1.44. The van der Waals surface area contributed by atoms with E-state index in [1.54, 1.807) is 41.0 Å². The van der Waals surface area contributed by atoms with Crippen LogP contribution in [0.5, 0.6) is 0 Å². The van der Waals surface area contributed by atoms with Crippen molar-refractivity contribution in [1.82, 2.24) is 9.97 Å². The fraction of sp³-hybridized carbons (Fsp3) is 0.0556. The molecular weight excluding hydrogens is 448 g/mol. The summed E-state index contributed by atoms with van der Waals surface area (Å²) in [6.07, 6.45) is 1.10. The van der Waals surface area contributed by atoms with Gasteiger partial charge in [-0.1, -0.05) is 18.2 Å². The number of nitrogens with one attached hydrogen (secondary N) is 2. The molecular formula is C18H14N4O3S4. The summed E-state index contributed by atoms with van der Waals surface area (Å²) >= 11 is 4.31. The zero-order valence-corrected chi connectivity index (χ0v) is 18.2. The summed E-state index contributed by atoms with van der Waals surface area (Å²) in [6, 6.07) is 10.8. The smallest absolute Gasteiger partial charge is 0.276 e. The third-order valence-electron chi connectivity index (χ3n) is 3.68. The Kier molecular flexibility index (Phi) is 5.46. The molecule has 0 aliphatic carbocycles. The van der Waals surface area contributed by atoms with Crippen molar-refractivity contribution in [2.24, 2.45) is 0 Å². The molecule has 29 heavy (non-hydrogen) atoms. The van der Waals surface area contributed by atoms with Crippen LogP contribution in [0.4, 0.5) is 10.8 Å². The van der Waals surface area contributed by atoms with Crippen LogP contribution in [-0.2, 0) is 10.0 Å². The molecule has 0 aliphatic heterocycles. The molecule has 0 aliphatic rings. The third-order valence-corrected chi connectivity index (χ3v) is 6.92. The fourth-order valence-electron chi connectivity index (χ4n) is 2.44. The zero-order valence-electron chi connectivity index (χ0n) is 14.9. The molecule has 0 fully saturated rings. The number of nitrogens with zero attached hydrogens (tertiary/aromatic N) is 2. The molecule has 0 saturated carbocycles. The van der Waals surface area contributed by atoms with E-state index in [0.29, 0.717) is 22.2 Å². The molecule has 1 amide bonds. The lowest BCUT2D eigenvalue weighted by atomic mass is 10.1. The maximum atomic E-state index is 12.5. The molecule has 0 radical (unpaired) electrons. The Labute approximate surface area is 179 Å². The van der Waals surface area contributed by atoms with Gasteiger partial charge in [0.1, 0.15) is 10.7 Å². The number of benzene rings is 1. The quantitative estimate of drug-likeness (QED) is 0.435. The van der Waals surface area contributed by atoms with Gasteiger partial charge in [0, 0.05) is 22.0 Å². The molecule has 4 rings (SSSR count). The number of anilines is 2. The van der Waals surface area contributed by atoms with E-state index in [0.717, 1.165) is 21.7 Å². The van der Waals surface area contributed by atoms with Gasteiger partial charge < -0.3 is 0 Å². The molecule has 148 valence electrons. The van der Waals surface area contributed by atoms with E-state index in [1.165, 1.54) is 22.7 Å². The minimum atomic E-state index is -3.32. The summed E-state index contributed by atoms with van der Waals surface area (Å²) in [7, 11) is -3.32. The lowest BCUT2D eigenvalue weighted by Gasteiger charge is -2.04. The first-order valence-corrected chi connectivity index (χ1v) is 12.7. The lowest BCUT2D eigenvalue weighted by Crippen LogP contribution is -2.12. The monoisotopic (exact) mass is 462 g/mol. The van der Waals surface area contributed by atoms with Gasteiger partial charge in [-0.25, -0.2) is 18.4 Å². The largest absolute Gasteiger partial charge is 0.296 e. The summed E-state index contributed by atoms with van der Waals surface area (Å²) in [5.74, 6) is -0.308. The maximum Gasteiger partial charge on any atom is 0.276 e. The second-order valence-corrected chi connectivity index (χ2v) is 10.4. The molecule has 1 aromatic carbocycles. The number of hydrogen-bond donors (Lipinski definition) is 2.